The van der Waals surface area contributed by atoms with E-state index in [4.69, 9.17) is 17.0 Å². The normalized spacial score (nSPS) is 20.4. The zero-order valence-electron chi connectivity index (χ0n) is 7.10. The van der Waals surface area contributed by atoms with Gasteiger partial charge in [-0.3, -0.25) is 0 Å². The smallest absolute Gasteiger partial charge is 0.304 e. The lowest BCUT2D eigenvalue weighted by Gasteiger charge is -2.05. The summed E-state index contributed by atoms with van der Waals surface area (Å²) in [6.07, 6.45) is -0.340. The first-order chi connectivity index (χ1) is 6.25. The molecule has 0 amide bonds. The molecule has 0 saturated heterocycles. The van der Waals surface area contributed by atoms with Crippen molar-refractivity contribution >= 4 is 17.4 Å². The highest BCUT2D eigenvalue weighted by atomic mass is 32.1. The molecule has 0 spiro atoms. The predicted octanol–water partition coefficient (Wildman–Crippen LogP) is 2.76. The van der Waals surface area contributed by atoms with Crippen molar-refractivity contribution in [2.24, 2.45) is 10.2 Å². The Morgan fingerprint density at radius 2 is 2.00 bits per heavy atom. The van der Waals surface area contributed by atoms with Crippen LogP contribution < -0.4 is 0 Å². The SMILES string of the molecule is Cc1ccc(C2N=NC(=S)O2)cc1. The molecule has 1 atom stereocenters. The third kappa shape index (κ3) is 1.72. The molecule has 1 unspecified atom stereocenters. The van der Waals surface area contributed by atoms with Crippen LogP contribution in [-0.4, -0.2) is 5.17 Å². The Balaban J connectivity index is 2.22. The van der Waals surface area contributed by atoms with E-state index in [0.717, 1.165) is 5.56 Å². The van der Waals surface area contributed by atoms with Crippen molar-refractivity contribution in [2.45, 2.75) is 13.2 Å². The number of nitrogens with zero attached hydrogens (tertiary/aromatic N) is 2. The number of hydrogen-bond donors (Lipinski definition) is 0. The van der Waals surface area contributed by atoms with Gasteiger partial charge in [0.15, 0.2) is 0 Å². The van der Waals surface area contributed by atoms with Crippen LogP contribution in [0.2, 0.25) is 0 Å². The van der Waals surface area contributed by atoms with Gasteiger partial charge in [0.1, 0.15) is 0 Å². The number of ether oxygens (including phenoxy) is 1. The van der Waals surface area contributed by atoms with E-state index in [1.165, 1.54) is 5.56 Å². The lowest BCUT2D eigenvalue weighted by molar-refractivity contribution is 0.227. The summed E-state index contributed by atoms with van der Waals surface area (Å²) in [4.78, 5) is 0. The number of hydrogen-bond acceptors (Lipinski definition) is 3. The fourth-order valence-corrected chi connectivity index (χ4v) is 1.25. The second kappa shape index (κ2) is 3.22. The number of aryl methyl sites for hydroxylation is 1. The largest absolute Gasteiger partial charge is 0.436 e. The molecule has 4 heteroatoms. The third-order valence-electron chi connectivity index (χ3n) is 1.82. The second-order valence-electron chi connectivity index (χ2n) is 2.86. The van der Waals surface area contributed by atoms with Gasteiger partial charge in [-0.2, -0.15) is 0 Å². The molecule has 0 fully saturated rings. The van der Waals surface area contributed by atoms with Crippen LogP contribution in [0.1, 0.15) is 17.4 Å². The van der Waals surface area contributed by atoms with E-state index in [9.17, 15) is 0 Å². The summed E-state index contributed by atoms with van der Waals surface area (Å²) in [5.41, 5.74) is 2.19. The number of thiocarbonyl (C=S) groups is 1. The molecule has 66 valence electrons. The van der Waals surface area contributed by atoms with Crippen LogP contribution in [0.15, 0.2) is 34.5 Å². The molecular formula is C9H8N2OS. The monoisotopic (exact) mass is 192 g/mol. The molecule has 3 nitrogen and oxygen atoms in total. The number of azo groups is 1. The summed E-state index contributed by atoms with van der Waals surface area (Å²) >= 11 is 4.74. The fourth-order valence-electron chi connectivity index (χ4n) is 1.11. The van der Waals surface area contributed by atoms with Gasteiger partial charge in [0.2, 0.25) is 6.23 Å². The topological polar surface area (TPSA) is 34.0 Å². The molecule has 0 aliphatic carbocycles. The Labute approximate surface area is 81.4 Å². The standard InChI is InChI=1S/C9H8N2OS/c1-6-2-4-7(5-3-6)8-10-11-9(13)12-8/h2-5,8H,1H3. The van der Waals surface area contributed by atoms with Crippen LogP contribution in [0.3, 0.4) is 0 Å². The van der Waals surface area contributed by atoms with Crippen molar-refractivity contribution in [1.82, 2.24) is 0 Å². The highest BCUT2D eigenvalue weighted by Crippen LogP contribution is 2.24. The summed E-state index contributed by atoms with van der Waals surface area (Å²) in [6, 6.07) is 7.95. The molecule has 1 aliphatic rings. The molecule has 2 rings (SSSR count). The summed E-state index contributed by atoms with van der Waals surface area (Å²) in [7, 11) is 0. The molecular weight excluding hydrogens is 184 g/mol. The Kier molecular flexibility index (Phi) is 2.06. The number of benzene rings is 1. The van der Waals surface area contributed by atoms with Crippen LogP contribution in [-0.2, 0) is 4.74 Å². The molecule has 1 aliphatic heterocycles. The Morgan fingerprint density at radius 3 is 2.54 bits per heavy atom. The van der Waals surface area contributed by atoms with Crippen LogP contribution in [0.5, 0.6) is 0 Å². The van der Waals surface area contributed by atoms with Gasteiger partial charge in [0, 0.05) is 5.56 Å². The predicted molar refractivity (Wildman–Crippen MR) is 52.5 cm³/mol. The summed E-state index contributed by atoms with van der Waals surface area (Å²) in [6.45, 7) is 2.03. The Morgan fingerprint density at radius 1 is 1.31 bits per heavy atom. The molecule has 1 heterocycles. The van der Waals surface area contributed by atoms with Gasteiger partial charge < -0.3 is 4.74 Å². The summed E-state index contributed by atoms with van der Waals surface area (Å²) < 4.78 is 5.19. The third-order valence-corrected chi connectivity index (χ3v) is 2.00. The first kappa shape index (κ1) is 8.31. The van der Waals surface area contributed by atoms with Crippen molar-refractivity contribution in [3.63, 3.8) is 0 Å². The molecule has 0 bridgehead atoms. The molecule has 0 N–H and O–H groups in total. The van der Waals surface area contributed by atoms with E-state index in [0.29, 0.717) is 0 Å². The molecule has 0 aromatic heterocycles. The Hall–Kier alpha value is -1.29. The second-order valence-corrected chi connectivity index (χ2v) is 3.21. The van der Waals surface area contributed by atoms with E-state index in [2.05, 4.69) is 10.2 Å². The zero-order chi connectivity index (χ0) is 9.26. The van der Waals surface area contributed by atoms with E-state index < -0.39 is 0 Å². The van der Waals surface area contributed by atoms with Gasteiger partial charge in [-0.15, -0.1) is 10.2 Å². The van der Waals surface area contributed by atoms with Gasteiger partial charge in [0.25, 0.3) is 0 Å². The Bertz CT molecular complexity index is 358. The van der Waals surface area contributed by atoms with E-state index in [1.54, 1.807) is 0 Å². The fraction of sp³-hybridized carbons (Fsp3) is 0.222. The summed E-state index contributed by atoms with van der Waals surface area (Å²) in [5.74, 6) is 0. The molecule has 1 aromatic carbocycles. The lowest BCUT2D eigenvalue weighted by Crippen LogP contribution is -1.97. The van der Waals surface area contributed by atoms with Gasteiger partial charge >= 0.3 is 5.17 Å². The molecule has 1 aromatic rings. The van der Waals surface area contributed by atoms with Gasteiger partial charge in [-0.05, 0) is 19.1 Å². The maximum atomic E-state index is 5.19. The average molecular weight is 192 g/mol. The van der Waals surface area contributed by atoms with E-state index >= 15 is 0 Å². The van der Waals surface area contributed by atoms with Crippen molar-refractivity contribution in [3.05, 3.63) is 35.4 Å². The van der Waals surface area contributed by atoms with Gasteiger partial charge in [0.05, 0.1) is 0 Å². The first-order valence-electron chi connectivity index (χ1n) is 3.94. The molecule has 0 radical (unpaired) electrons. The summed E-state index contributed by atoms with van der Waals surface area (Å²) in [5, 5.41) is 7.74. The maximum absolute atomic E-state index is 5.19. The van der Waals surface area contributed by atoms with Crippen LogP contribution >= 0.6 is 12.2 Å². The highest BCUT2D eigenvalue weighted by Gasteiger charge is 2.18. The molecule has 0 saturated carbocycles. The zero-order valence-corrected chi connectivity index (χ0v) is 7.91. The minimum atomic E-state index is -0.340. The maximum Gasteiger partial charge on any atom is 0.304 e. The van der Waals surface area contributed by atoms with Crippen molar-refractivity contribution < 1.29 is 4.74 Å². The number of rotatable bonds is 1. The van der Waals surface area contributed by atoms with Crippen molar-refractivity contribution in [2.75, 3.05) is 0 Å². The van der Waals surface area contributed by atoms with Gasteiger partial charge in [-0.25, -0.2) is 0 Å². The van der Waals surface area contributed by atoms with Crippen molar-refractivity contribution in [3.8, 4) is 0 Å². The minimum Gasteiger partial charge on any atom is -0.436 e. The first-order valence-corrected chi connectivity index (χ1v) is 4.34. The molecule has 13 heavy (non-hydrogen) atoms. The van der Waals surface area contributed by atoms with Crippen LogP contribution in [0.25, 0.3) is 0 Å². The highest BCUT2D eigenvalue weighted by molar-refractivity contribution is 7.80. The van der Waals surface area contributed by atoms with E-state index in [-0.39, 0.29) is 11.4 Å². The lowest BCUT2D eigenvalue weighted by atomic mass is 10.1. The van der Waals surface area contributed by atoms with Crippen molar-refractivity contribution in [1.29, 1.82) is 0 Å². The minimum absolute atomic E-state index is 0.213. The van der Waals surface area contributed by atoms with Crippen LogP contribution in [0.4, 0.5) is 0 Å². The van der Waals surface area contributed by atoms with E-state index in [1.807, 2.05) is 31.2 Å². The van der Waals surface area contributed by atoms with Gasteiger partial charge in [-0.1, -0.05) is 29.8 Å². The average Bonchev–Trinajstić information content (AvgIpc) is 2.53. The quantitative estimate of drug-likeness (QED) is 0.641. The van der Waals surface area contributed by atoms with Crippen LogP contribution in [0, 0.1) is 6.92 Å².